The molecule has 21 heavy (non-hydrogen) atoms. The van der Waals surface area contributed by atoms with Crippen LogP contribution < -0.4 is 5.69 Å². The van der Waals surface area contributed by atoms with Gasteiger partial charge >= 0.3 is 11.7 Å². The van der Waals surface area contributed by atoms with Gasteiger partial charge in [0.25, 0.3) is 0 Å². The highest BCUT2D eigenvalue weighted by Crippen LogP contribution is 2.33. The van der Waals surface area contributed by atoms with E-state index in [-0.39, 0.29) is 17.3 Å². The molecule has 2 aromatic rings. The molecule has 0 amide bonds. The number of H-pyrrole nitrogens is 1. The summed E-state index contributed by atoms with van der Waals surface area (Å²) in [4.78, 5) is 26.7. The van der Waals surface area contributed by atoms with Gasteiger partial charge in [0.1, 0.15) is 0 Å². The minimum Gasteiger partial charge on any atom is -0.478 e. The van der Waals surface area contributed by atoms with Crippen LogP contribution in [0, 0.1) is 5.92 Å². The lowest BCUT2D eigenvalue weighted by molar-refractivity contribution is 0.0698. The van der Waals surface area contributed by atoms with Gasteiger partial charge in [-0.05, 0) is 30.9 Å². The Hall–Kier alpha value is -2.04. The highest BCUT2D eigenvalue weighted by atomic mass is 16.4. The number of aromatic amines is 1. The molecule has 1 aromatic heterocycles. The van der Waals surface area contributed by atoms with E-state index in [1.807, 2.05) is 0 Å². The number of imidazole rings is 1. The second-order valence-corrected chi connectivity index (χ2v) is 5.99. The molecule has 1 heterocycles. The lowest BCUT2D eigenvalue weighted by Gasteiger charge is -2.23. The third-order valence-corrected chi connectivity index (χ3v) is 4.62. The molecule has 5 heteroatoms. The molecule has 1 aliphatic rings. The molecule has 0 radical (unpaired) electrons. The number of carboxylic acids is 1. The summed E-state index contributed by atoms with van der Waals surface area (Å²) in [6, 6.07) is 5.08. The van der Waals surface area contributed by atoms with Crippen LogP contribution in [0.4, 0.5) is 0 Å². The number of aromatic nitrogens is 2. The van der Waals surface area contributed by atoms with Crippen molar-refractivity contribution in [2.45, 2.75) is 45.1 Å². The molecule has 1 fully saturated rings. The lowest BCUT2D eigenvalue weighted by atomic mass is 9.96. The lowest BCUT2D eigenvalue weighted by Crippen LogP contribution is -2.27. The van der Waals surface area contributed by atoms with Crippen molar-refractivity contribution >= 4 is 17.0 Å². The second kappa shape index (κ2) is 5.39. The molecule has 112 valence electrons. The van der Waals surface area contributed by atoms with Crippen LogP contribution in [0.2, 0.25) is 0 Å². The molecule has 0 spiro atoms. The number of nitrogens with zero attached hydrogens (tertiary/aromatic N) is 1. The van der Waals surface area contributed by atoms with E-state index in [2.05, 4.69) is 11.9 Å². The third kappa shape index (κ3) is 2.37. The Bertz CT molecular complexity index is 729. The van der Waals surface area contributed by atoms with Crippen molar-refractivity contribution in [1.82, 2.24) is 9.55 Å². The van der Waals surface area contributed by atoms with Crippen LogP contribution in [-0.4, -0.2) is 20.6 Å². The monoisotopic (exact) mass is 288 g/mol. The molecule has 1 saturated carbocycles. The number of hydrogen-bond acceptors (Lipinski definition) is 2. The van der Waals surface area contributed by atoms with Crippen LogP contribution in [0.1, 0.15) is 55.4 Å². The van der Waals surface area contributed by atoms with Gasteiger partial charge in [-0.1, -0.05) is 32.3 Å². The number of benzene rings is 1. The molecule has 2 atom stereocenters. The van der Waals surface area contributed by atoms with Crippen molar-refractivity contribution in [3.8, 4) is 0 Å². The van der Waals surface area contributed by atoms with Gasteiger partial charge in [0.15, 0.2) is 0 Å². The number of aromatic carboxylic acids is 1. The van der Waals surface area contributed by atoms with Gasteiger partial charge in [-0.3, -0.25) is 4.57 Å². The van der Waals surface area contributed by atoms with Crippen molar-refractivity contribution in [2.75, 3.05) is 0 Å². The molecule has 1 aliphatic carbocycles. The largest absolute Gasteiger partial charge is 0.478 e. The molecule has 3 rings (SSSR count). The second-order valence-electron chi connectivity index (χ2n) is 5.99. The van der Waals surface area contributed by atoms with Gasteiger partial charge in [0.05, 0.1) is 16.6 Å². The third-order valence-electron chi connectivity index (χ3n) is 4.62. The SMILES string of the molecule is CC1CCCCCC1n1c(=O)[nH]c2cccc(C(=O)O)c21. The number of nitrogens with one attached hydrogen (secondary N) is 1. The predicted molar refractivity (Wildman–Crippen MR) is 80.8 cm³/mol. The molecular formula is C16H20N2O3. The Kier molecular flexibility index (Phi) is 3.57. The molecule has 0 saturated heterocycles. The Balaban J connectivity index is 2.23. The van der Waals surface area contributed by atoms with Crippen LogP contribution in [0.25, 0.3) is 11.0 Å². The summed E-state index contributed by atoms with van der Waals surface area (Å²) in [5, 5.41) is 9.41. The number of rotatable bonds is 2. The van der Waals surface area contributed by atoms with E-state index in [0.717, 1.165) is 19.3 Å². The Labute approximate surface area is 122 Å². The molecule has 2 unspecified atom stereocenters. The van der Waals surface area contributed by atoms with Crippen molar-refractivity contribution in [3.63, 3.8) is 0 Å². The fourth-order valence-corrected chi connectivity index (χ4v) is 3.53. The number of carbonyl (C=O) groups is 1. The van der Waals surface area contributed by atoms with E-state index < -0.39 is 5.97 Å². The van der Waals surface area contributed by atoms with E-state index in [4.69, 9.17) is 0 Å². The minimum atomic E-state index is -0.991. The molecule has 1 aromatic carbocycles. The fraction of sp³-hybridized carbons (Fsp3) is 0.500. The molecule has 5 nitrogen and oxygen atoms in total. The standard InChI is InChI=1S/C16H20N2O3/c1-10-6-3-2-4-9-13(10)18-14-11(15(19)20)7-5-8-12(14)17-16(18)21/h5,7-8,10,13H,2-4,6,9H2,1H3,(H,17,21)(H,19,20). The van der Waals surface area contributed by atoms with Gasteiger partial charge < -0.3 is 10.1 Å². The summed E-state index contributed by atoms with van der Waals surface area (Å²) in [7, 11) is 0. The smallest absolute Gasteiger partial charge is 0.337 e. The fourth-order valence-electron chi connectivity index (χ4n) is 3.53. The maximum absolute atomic E-state index is 12.4. The summed E-state index contributed by atoms with van der Waals surface area (Å²) in [5.41, 5.74) is 1.14. The molecule has 2 N–H and O–H groups in total. The van der Waals surface area contributed by atoms with Crippen LogP contribution in [-0.2, 0) is 0 Å². The minimum absolute atomic E-state index is 0.0780. The van der Waals surface area contributed by atoms with Crippen LogP contribution in [0.5, 0.6) is 0 Å². The zero-order chi connectivity index (χ0) is 15.0. The number of hydrogen-bond donors (Lipinski definition) is 2. The van der Waals surface area contributed by atoms with Crippen molar-refractivity contribution < 1.29 is 9.90 Å². The number of fused-ring (bicyclic) bond motifs is 1. The van der Waals surface area contributed by atoms with Crippen molar-refractivity contribution in [2.24, 2.45) is 5.92 Å². The predicted octanol–water partition coefficient (Wildman–Crippen LogP) is 3.17. The van der Waals surface area contributed by atoms with E-state index in [1.54, 1.807) is 22.8 Å². The first-order chi connectivity index (χ1) is 10.1. The summed E-state index contributed by atoms with van der Waals surface area (Å²) >= 11 is 0. The maximum Gasteiger partial charge on any atom is 0.337 e. The van der Waals surface area contributed by atoms with E-state index in [0.29, 0.717) is 17.0 Å². The summed E-state index contributed by atoms with van der Waals surface area (Å²) < 4.78 is 1.69. The normalized spacial score (nSPS) is 23.1. The first kappa shape index (κ1) is 13.9. The highest BCUT2D eigenvalue weighted by molar-refractivity contribution is 6.01. The Morgan fingerprint density at radius 2 is 2.05 bits per heavy atom. The summed E-state index contributed by atoms with van der Waals surface area (Å²) in [6.45, 7) is 2.16. The maximum atomic E-state index is 12.4. The van der Waals surface area contributed by atoms with Gasteiger partial charge in [-0.25, -0.2) is 9.59 Å². The molecular weight excluding hydrogens is 268 g/mol. The molecule has 0 bridgehead atoms. The van der Waals surface area contributed by atoms with Crippen molar-refractivity contribution in [3.05, 3.63) is 34.2 Å². The number of para-hydroxylation sites is 1. The van der Waals surface area contributed by atoms with Crippen LogP contribution in [0.15, 0.2) is 23.0 Å². The van der Waals surface area contributed by atoms with Gasteiger partial charge in [0.2, 0.25) is 0 Å². The first-order valence-electron chi connectivity index (χ1n) is 7.56. The zero-order valence-corrected chi connectivity index (χ0v) is 12.1. The van der Waals surface area contributed by atoms with Crippen LogP contribution >= 0.6 is 0 Å². The Morgan fingerprint density at radius 1 is 1.29 bits per heavy atom. The van der Waals surface area contributed by atoms with Gasteiger partial charge in [-0.15, -0.1) is 0 Å². The summed E-state index contributed by atoms with van der Waals surface area (Å²) in [5.74, 6) is -0.610. The first-order valence-corrected chi connectivity index (χ1v) is 7.56. The average Bonchev–Trinajstić information content (AvgIpc) is 2.63. The van der Waals surface area contributed by atoms with Crippen molar-refractivity contribution in [1.29, 1.82) is 0 Å². The van der Waals surface area contributed by atoms with E-state index in [1.165, 1.54) is 12.8 Å². The summed E-state index contributed by atoms with van der Waals surface area (Å²) in [6.07, 6.45) is 5.47. The quantitative estimate of drug-likeness (QED) is 0.833. The van der Waals surface area contributed by atoms with Gasteiger partial charge in [-0.2, -0.15) is 0 Å². The highest BCUT2D eigenvalue weighted by Gasteiger charge is 2.26. The van der Waals surface area contributed by atoms with E-state index in [9.17, 15) is 14.7 Å². The van der Waals surface area contributed by atoms with E-state index >= 15 is 0 Å². The average molecular weight is 288 g/mol. The van der Waals surface area contributed by atoms with Crippen LogP contribution in [0.3, 0.4) is 0 Å². The van der Waals surface area contributed by atoms with Gasteiger partial charge in [0, 0.05) is 6.04 Å². The molecule has 0 aliphatic heterocycles. The Morgan fingerprint density at radius 3 is 2.81 bits per heavy atom. The zero-order valence-electron chi connectivity index (χ0n) is 12.1. The number of carboxylic acid groups (broad SMARTS) is 1. The topological polar surface area (TPSA) is 75.1 Å².